The summed E-state index contributed by atoms with van der Waals surface area (Å²) < 4.78 is 34.2. The largest absolute Gasteiger partial charge is 0.326 e. The second-order valence-corrected chi connectivity index (χ2v) is 7.16. The molecular weight excluding hydrogens is 346 g/mol. The number of thioether (sulfide) groups is 2. The molecule has 0 saturated heterocycles. The molecule has 0 bridgehead atoms. The van der Waals surface area contributed by atoms with Crippen LogP contribution in [0.25, 0.3) is 0 Å². The van der Waals surface area contributed by atoms with Crippen LogP contribution in [0, 0.1) is 10.2 Å². The number of hydrogen-bond acceptors (Lipinski definition) is 8. The maximum absolute atomic E-state index is 11.6. The Bertz CT molecular complexity index is 576. The van der Waals surface area contributed by atoms with Crippen LogP contribution in [0.2, 0.25) is 0 Å². The van der Waals surface area contributed by atoms with Crippen molar-refractivity contribution in [2.24, 2.45) is 0 Å². The van der Waals surface area contributed by atoms with Crippen molar-refractivity contribution in [1.29, 1.82) is 0 Å². The highest BCUT2D eigenvalue weighted by Crippen LogP contribution is 2.40. The average Bonchev–Trinajstić information content (AvgIpc) is 2.72. The van der Waals surface area contributed by atoms with E-state index in [1.807, 2.05) is 0 Å². The number of rotatable bonds is 3. The molecule has 9 nitrogen and oxygen atoms in total. The van der Waals surface area contributed by atoms with Gasteiger partial charge in [-0.15, -0.1) is 10.2 Å². The lowest BCUT2D eigenvalue weighted by Gasteiger charge is -2.20. The van der Waals surface area contributed by atoms with Gasteiger partial charge in [-0.1, -0.05) is 0 Å². The van der Waals surface area contributed by atoms with E-state index in [1.165, 1.54) is 4.90 Å². The number of nitrogens with one attached hydrogen (secondary N) is 3. The topological polar surface area (TPSA) is 162 Å². The standard InChI is InChI=1S/C9H13N3O2S2.ClHO4/c1-3-12(4-2)9-15-5-6(13)10-8(14)11-7(5)16-9;2-1(3,4)5/h9H,3-4H2,1-2H3,(H2,10,11,13,14);(H,2,3,4,5). The lowest BCUT2D eigenvalue weighted by molar-refractivity contribution is -2.00. The summed E-state index contributed by atoms with van der Waals surface area (Å²) in [6.45, 7) is 6.26. The van der Waals surface area contributed by atoms with E-state index in [1.54, 1.807) is 23.5 Å². The van der Waals surface area contributed by atoms with E-state index < -0.39 is 15.9 Å². The van der Waals surface area contributed by atoms with Crippen LogP contribution >= 0.6 is 23.5 Å². The average molecular weight is 360 g/mol. The summed E-state index contributed by atoms with van der Waals surface area (Å²) in [5.74, 6) is 0. The highest BCUT2D eigenvalue weighted by Gasteiger charge is 2.33. The maximum atomic E-state index is 11.6. The Kier molecular flexibility index (Phi) is 6.74. The lowest BCUT2D eigenvalue weighted by atomic mass is 10.6. The highest BCUT2D eigenvalue weighted by atomic mass is 35.7. The molecule has 3 N–H and O–H groups in total. The van der Waals surface area contributed by atoms with Gasteiger partial charge in [0.15, 0.2) is 4.71 Å². The van der Waals surface area contributed by atoms with E-state index in [0.717, 1.165) is 13.1 Å². The van der Waals surface area contributed by atoms with Gasteiger partial charge in [0.2, 0.25) is 0 Å². The van der Waals surface area contributed by atoms with Crippen molar-refractivity contribution in [1.82, 2.24) is 9.97 Å². The molecule has 1 aromatic heterocycles. The van der Waals surface area contributed by atoms with Crippen LogP contribution in [0.5, 0.6) is 0 Å². The second-order valence-electron chi connectivity index (χ2n) is 3.88. The third-order valence-corrected chi connectivity index (χ3v) is 5.53. The molecule has 2 heterocycles. The summed E-state index contributed by atoms with van der Waals surface area (Å²) in [5, 5.41) is 0.711. The number of aromatic nitrogens is 2. The van der Waals surface area contributed by atoms with Crippen LogP contribution in [0.3, 0.4) is 0 Å². The Labute approximate surface area is 130 Å². The van der Waals surface area contributed by atoms with Crippen LogP contribution in [0.15, 0.2) is 19.5 Å². The predicted octanol–water partition coefficient (Wildman–Crippen LogP) is -5.29. The minimum absolute atomic E-state index is 0.268. The third kappa shape index (κ3) is 6.00. The van der Waals surface area contributed by atoms with E-state index in [0.29, 0.717) is 9.92 Å². The molecule has 0 saturated carbocycles. The molecule has 0 aliphatic carbocycles. The first kappa shape index (κ1) is 18.5. The van der Waals surface area contributed by atoms with Crippen LogP contribution in [0.1, 0.15) is 13.8 Å². The number of fused-ring (bicyclic) bond motifs is 1. The van der Waals surface area contributed by atoms with Crippen LogP contribution in [-0.2, 0) is 0 Å². The molecule has 2 rings (SSSR count). The molecule has 0 radical (unpaired) electrons. The fraction of sp³-hybridized carbons (Fsp3) is 0.556. The van der Waals surface area contributed by atoms with Gasteiger partial charge in [-0.3, -0.25) is 9.78 Å². The fourth-order valence-corrected chi connectivity index (χ4v) is 4.79. The fourth-order valence-electron chi connectivity index (χ4n) is 1.63. The smallest absolute Gasteiger partial charge is 0.315 e. The Morgan fingerprint density at radius 3 is 2.10 bits per heavy atom. The Morgan fingerprint density at radius 2 is 1.62 bits per heavy atom. The molecule has 1 aliphatic rings. The van der Waals surface area contributed by atoms with Crippen molar-refractivity contribution in [3.63, 3.8) is 0 Å². The van der Waals surface area contributed by atoms with Crippen LogP contribution in [-0.4, -0.2) is 27.8 Å². The highest BCUT2D eigenvalue weighted by molar-refractivity contribution is 8.19. The first-order valence-corrected chi connectivity index (χ1v) is 8.81. The molecule has 1 unspecified atom stereocenters. The van der Waals surface area contributed by atoms with Gasteiger partial charge in [0.25, 0.3) is 5.56 Å². The first-order chi connectivity index (χ1) is 9.65. The Hall–Kier alpha value is -0.530. The van der Waals surface area contributed by atoms with E-state index in [9.17, 15) is 9.59 Å². The van der Waals surface area contributed by atoms with Crippen molar-refractivity contribution < 1.29 is 33.8 Å². The van der Waals surface area contributed by atoms with Gasteiger partial charge >= 0.3 is 5.69 Å². The van der Waals surface area contributed by atoms with Crippen LogP contribution in [0.4, 0.5) is 0 Å². The molecule has 21 heavy (non-hydrogen) atoms. The monoisotopic (exact) mass is 359 g/mol. The molecule has 0 fully saturated rings. The van der Waals surface area contributed by atoms with Crippen molar-refractivity contribution in [3.05, 3.63) is 20.8 Å². The van der Waals surface area contributed by atoms with E-state index in [4.69, 9.17) is 18.6 Å². The molecular formula is C9H14ClN3O6S2. The van der Waals surface area contributed by atoms with Gasteiger partial charge in [0.05, 0.1) is 13.1 Å². The summed E-state index contributed by atoms with van der Waals surface area (Å²) in [4.78, 5) is 29.7. The zero-order valence-corrected chi connectivity index (χ0v) is 13.5. The number of hydrogen-bond donors (Lipinski definition) is 3. The van der Waals surface area contributed by atoms with E-state index in [-0.39, 0.29) is 10.3 Å². The number of halogens is 1. The summed E-state index contributed by atoms with van der Waals surface area (Å²) in [6.07, 6.45) is 0. The predicted molar refractivity (Wildman–Crippen MR) is 65.2 cm³/mol. The van der Waals surface area contributed by atoms with E-state index >= 15 is 0 Å². The van der Waals surface area contributed by atoms with Gasteiger partial charge in [-0.25, -0.2) is 23.4 Å². The zero-order chi connectivity index (χ0) is 16.2. The molecule has 0 aromatic carbocycles. The quantitative estimate of drug-likeness (QED) is 0.450. The third-order valence-electron chi connectivity index (χ3n) is 2.56. The molecule has 0 amide bonds. The van der Waals surface area contributed by atoms with Gasteiger partial charge in [-0.2, -0.15) is 0 Å². The number of H-pyrrole nitrogens is 2. The van der Waals surface area contributed by atoms with Crippen molar-refractivity contribution in [2.45, 2.75) is 28.5 Å². The van der Waals surface area contributed by atoms with Crippen LogP contribution < -0.4 is 34.8 Å². The molecule has 1 aliphatic heterocycles. The summed E-state index contributed by atoms with van der Waals surface area (Å²) in [6, 6.07) is 0. The number of aromatic amines is 2. The van der Waals surface area contributed by atoms with Gasteiger partial charge < -0.3 is 9.88 Å². The molecule has 1 aromatic rings. The Morgan fingerprint density at radius 1 is 1.10 bits per heavy atom. The van der Waals surface area contributed by atoms with Gasteiger partial charge in [-0.05, 0) is 37.4 Å². The Balaban J connectivity index is 0.000000383. The summed E-state index contributed by atoms with van der Waals surface area (Å²) >= 11 is 3.11. The van der Waals surface area contributed by atoms with Crippen molar-refractivity contribution in [3.8, 4) is 0 Å². The number of quaternary nitrogens is 1. The molecule has 12 heteroatoms. The summed E-state index contributed by atoms with van der Waals surface area (Å²) in [7, 11) is -4.94. The molecule has 120 valence electrons. The van der Waals surface area contributed by atoms with Gasteiger partial charge in [0, 0.05) is 0 Å². The van der Waals surface area contributed by atoms with Crippen molar-refractivity contribution >= 4 is 23.5 Å². The molecule has 0 spiro atoms. The van der Waals surface area contributed by atoms with E-state index in [2.05, 4.69) is 23.8 Å². The van der Waals surface area contributed by atoms with Crippen molar-refractivity contribution in [2.75, 3.05) is 13.1 Å². The minimum Gasteiger partial charge on any atom is -0.315 e. The minimum atomic E-state index is -4.94. The lowest BCUT2D eigenvalue weighted by Crippen LogP contribution is -3.13. The zero-order valence-electron chi connectivity index (χ0n) is 11.1. The van der Waals surface area contributed by atoms with Gasteiger partial charge in [0.1, 0.15) is 9.92 Å². The maximum Gasteiger partial charge on any atom is 0.326 e. The summed E-state index contributed by atoms with van der Waals surface area (Å²) in [5.41, 5.74) is -0.697. The first-order valence-electron chi connectivity index (χ1n) is 5.82. The SMILES string of the molecule is CC[NH+](CC)C1Sc2[nH]c(=O)[nH]c(=O)c2S1.[O-][Cl+3]([O-])([O-])[O-]. The normalized spacial score (nSPS) is 17.4. The molecule has 1 atom stereocenters. The second kappa shape index (κ2) is 7.65.